The van der Waals surface area contributed by atoms with Crippen LogP contribution in [-0.2, 0) is 9.53 Å². The first-order valence-electron chi connectivity index (χ1n) is 10.6. The molecule has 0 fully saturated rings. The minimum Gasteiger partial charge on any atom is -0.496 e. The van der Waals surface area contributed by atoms with E-state index in [2.05, 4.69) is 5.32 Å². The average molecular weight is 449 g/mol. The van der Waals surface area contributed by atoms with Gasteiger partial charge in [-0.05, 0) is 62.4 Å². The second-order valence-electron chi connectivity index (χ2n) is 7.51. The molecule has 0 aliphatic carbocycles. The van der Waals surface area contributed by atoms with Gasteiger partial charge in [-0.25, -0.2) is 4.79 Å². The number of rotatable bonds is 9. The van der Waals surface area contributed by atoms with Gasteiger partial charge in [0, 0.05) is 23.1 Å². The van der Waals surface area contributed by atoms with E-state index in [1.54, 1.807) is 23.1 Å². The zero-order valence-corrected chi connectivity index (χ0v) is 19.2. The van der Waals surface area contributed by atoms with Gasteiger partial charge in [0.1, 0.15) is 17.1 Å². The first kappa shape index (κ1) is 23.7. The monoisotopic (exact) mass is 448 g/mol. The van der Waals surface area contributed by atoms with E-state index in [0.717, 1.165) is 11.4 Å². The molecule has 172 valence electrons. The molecule has 3 aromatic carbocycles. The van der Waals surface area contributed by atoms with Gasteiger partial charge in [0.2, 0.25) is 0 Å². The van der Waals surface area contributed by atoms with Gasteiger partial charge in [-0.15, -0.1) is 0 Å². The van der Waals surface area contributed by atoms with E-state index in [0.29, 0.717) is 17.2 Å². The SMILES string of the molecule is COc1cccc(OC)c1C(=O)OCC(=O)N(c1ccc(Nc2ccccc2)cc1)C(C)C. The average Bonchev–Trinajstić information content (AvgIpc) is 2.83. The fourth-order valence-electron chi connectivity index (χ4n) is 3.45. The largest absolute Gasteiger partial charge is 0.496 e. The van der Waals surface area contributed by atoms with Crippen LogP contribution in [-0.4, -0.2) is 38.7 Å². The molecule has 0 bridgehead atoms. The lowest BCUT2D eigenvalue weighted by Crippen LogP contribution is -2.40. The van der Waals surface area contributed by atoms with Crippen LogP contribution in [0, 0.1) is 0 Å². The van der Waals surface area contributed by atoms with Crippen molar-refractivity contribution in [2.24, 2.45) is 0 Å². The van der Waals surface area contributed by atoms with Crippen LogP contribution in [0.4, 0.5) is 17.1 Å². The molecule has 7 nitrogen and oxygen atoms in total. The second-order valence-corrected chi connectivity index (χ2v) is 7.51. The molecule has 7 heteroatoms. The Morgan fingerprint density at radius 2 is 1.39 bits per heavy atom. The predicted octanol–water partition coefficient (Wildman–Crippen LogP) is 5.05. The van der Waals surface area contributed by atoms with E-state index in [1.165, 1.54) is 14.2 Å². The van der Waals surface area contributed by atoms with E-state index < -0.39 is 12.6 Å². The molecule has 1 N–H and O–H groups in total. The Hall–Kier alpha value is -4.00. The number of para-hydroxylation sites is 1. The molecule has 0 unspecified atom stereocenters. The summed E-state index contributed by atoms with van der Waals surface area (Å²) in [5, 5.41) is 3.31. The quantitative estimate of drug-likeness (QED) is 0.462. The van der Waals surface area contributed by atoms with Crippen LogP contribution >= 0.6 is 0 Å². The Kier molecular flexibility index (Phi) is 7.91. The van der Waals surface area contributed by atoms with Crippen molar-refractivity contribution in [1.82, 2.24) is 0 Å². The number of carbonyl (C=O) groups excluding carboxylic acids is 2. The third-order valence-corrected chi connectivity index (χ3v) is 4.95. The van der Waals surface area contributed by atoms with Crippen molar-refractivity contribution in [3.8, 4) is 11.5 Å². The zero-order chi connectivity index (χ0) is 23.8. The molecule has 33 heavy (non-hydrogen) atoms. The summed E-state index contributed by atoms with van der Waals surface area (Å²) in [5.74, 6) is -0.400. The molecular formula is C26H28N2O5. The number of ether oxygens (including phenoxy) is 3. The summed E-state index contributed by atoms with van der Waals surface area (Å²) in [7, 11) is 2.90. The van der Waals surface area contributed by atoms with Crippen LogP contribution in [0.3, 0.4) is 0 Å². The third kappa shape index (κ3) is 5.83. The number of nitrogens with one attached hydrogen (secondary N) is 1. The lowest BCUT2D eigenvalue weighted by molar-refractivity contribution is -0.122. The minimum absolute atomic E-state index is 0.134. The Morgan fingerprint density at radius 3 is 1.94 bits per heavy atom. The van der Waals surface area contributed by atoms with E-state index in [9.17, 15) is 9.59 Å². The number of benzene rings is 3. The summed E-state index contributed by atoms with van der Waals surface area (Å²) in [5.41, 5.74) is 2.72. The number of esters is 1. The standard InChI is InChI=1S/C26H28N2O5/c1-18(2)28(21-15-13-20(14-16-21)27-19-9-6-5-7-10-19)24(29)17-33-26(30)25-22(31-3)11-8-12-23(25)32-4/h5-16,18,27H,17H2,1-4H3. The first-order chi connectivity index (χ1) is 15.9. The highest BCUT2D eigenvalue weighted by Crippen LogP contribution is 2.29. The van der Waals surface area contributed by atoms with E-state index in [-0.39, 0.29) is 17.5 Å². The normalized spacial score (nSPS) is 10.5. The van der Waals surface area contributed by atoms with Crippen LogP contribution in [0.1, 0.15) is 24.2 Å². The lowest BCUT2D eigenvalue weighted by atomic mass is 10.2. The molecule has 0 atom stereocenters. The molecule has 0 aromatic heterocycles. The van der Waals surface area contributed by atoms with Crippen molar-refractivity contribution in [1.29, 1.82) is 0 Å². The van der Waals surface area contributed by atoms with Gasteiger partial charge in [-0.3, -0.25) is 4.79 Å². The van der Waals surface area contributed by atoms with E-state index in [4.69, 9.17) is 14.2 Å². The molecule has 0 heterocycles. The first-order valence-corrected chi connectivity index (χ1v) is 10.6. The van der Waals surface area contributed by atoms with E-state index in [1.807, 2.05) is 68.4 Å². The Morgan fingerprint density at radius 1 is 0.818 bits per heavy atom. The van der Waals surface area contributed by atoms with E-state index >= 15 is 0 Å². The molecule has 0 aliphatic heterocycles. The summed E-state index contributed by atoms with van der Waals surface area (Å²) in [6, 6.07) is 22.2. The number of methoxy groups -OCH3 is 2. The summed E-state index contributed by atoms with van der Waals surface area (Å²) < 4.78 is 15.8. The van der Waals surface area contributed by atoms with Crippen molar-refractivity contribution < 1.29 is 23.8 Å². The topological polar surface area (TPSA) is 77.1 Å². The fraction of sp³-hybridized carbons (Fsp3) is 0.231. The summed E-state index contributed by atoms with van der Waals surface area (Å²) in [6.07, 6.45) is 0. The number of anilines is 3. The Labute approximate surface area is 193 Å². The third-order valence-electron chi connectivity index (χ3n) is 4.95. The minimum atomic E-state index is -0.691. The molecular weight excluding hydrogens is 420 g/mol. The van der Waals surface area contributed by atoms with Crippen LogP contribution in [0.5, 0.6) is 11.5 Å². The highest BCUT2D eigenvalue weighted by atomic mass is 16.5. The van der Waals surface area contributed by atoms with Gasteiger partial charge in [0.25, 0.3) is 5.91 Å². The van der Waals surface area contributed by atoms with Crippen LogP contribution in [0.15, 0.2) is 72.8 Å². The number of hydrogen-bond acceptors (Lipinski definition) is 6. The fourth-order valence-corrected chi connectivity index (χ4v) is 3.45. The van der Waals surface area contributed by atoms with Crippen LogP contribution in [0.25, 0.3) is 0 Å². The summed E-state index contributed by atoms with van der Waals surface area (Å²) in [4.78, 5) is 27.3. The van der Waals surface area contributed by atoms with Crippen molar-refractivity contribution >= 4 is 28.9 Å². The lowest BCUT2D eigenvalue weighted by Gasteiger charge is -2.27. The Bertz CT molecular complexity index is 1060. The van der Waals surface area contributed by atoms with Crippen molar-refractivity contribution in [2.75, 3.05) is 31.0 Å². The van der Waals surface area contributed by atoms with Gasteiger partial charge in [0.05, 0.1) is 14.2 Å². The van der Waals surface area contributed by atoms with Crippen molar-refractivity contribution in [3.63, 3.8) is 0 Å². The number of carbonyl (C=O) groups is 2. The number of hydrogen-bond donors (Lipinski definition) is 1. The molecule has 0 aliphatic rings. The molecule has 3 aromatic rings. The van der Waals surface area contributed by atoms with Crippen molar-refractivity contribution in [3.05, 3.63) is 78.4 Å². The highest BCUT2D eigenvalue weighted by molar-refractivity contribution is 5.99. The number of amides is 1. The molecule has 0 saturated carbocycles. The maximum Gasteiger partial charge on any atom is 0.346 e. The van der Waals surface area contributed by atoms with Gasteiger partial charge >= 0.3 is 5.97 Å². The second kappa shape index (κ2) is 11.0. The maximum absolute atomic E-state index is 13.0. The molecule has 0 saturated heterocycles. The van der Waals surface area contributed by atoms with Crippen molar-refractivity contribution in [2.45, 2.75) is 19.9 Å². The van der Waals surface area contributed by atoms with Gasteiger partial charge in [0.15, 0.2) is 6.61 Å². The van der Waals surface area contributed by atoms with Gasteiger partial charge in [-0.2, -0.15) is 0 Å². The predicted molar refractivity (Wildman–Crippen MR) is 129 cm³/mol. The summed E-state index contributed by atoms with van der Waals surface area (Å²) >= 11 is 0. The molecule has 1 amide bonds. The zero-order valence-electron chi connectivity index (χ0n) is 19.2. The maximum atomic E-state index is 13.0. The summed E-state index contributed by atoms with van der Waals surface area (Å²) in [6.45, 7) is 3.39. The van der Waals surface area contributed by atoms with Gasteiger partial charge in [-0.1, -0.05) is 24.3 Å². The molecule has 0 radical (unpaired) electrons. The van der Waals surface area contributed by atoms with Crippen LogP contribution < -0.4 is 19.7 Å². The number of nitrogens with zero attached hydrogens (tertiary/aromatic N) is 1. The Balaban J connectivity index is 1.70. The van der Waals surface area contributed by atoms with Gasteiger partial charge < -0.3 is 24.4 Å². The smallest absolute Gasteiger partial charge is 0.346 e. The highest BCUT2D eigenvalue weighted by Gasteiger charge is 2.24. The molecule has 3 rings (SSSR count). The van der Waals surface area contributed by atoms with Crippen LogP contribution in [0.2, 0.25) is 0 Å². The molecule has 0 spiro atoms.